The lowest BCUT2D eigenvalue weighted by atomic mass is 10.2. The number of halogens is 1. The molecule has 1 aromatic rings. The molecule has 0 radical (unpaired) electrons. The molecular weight excluding hydrogens is 194 g/mol. The summed E-state index contributed by atoms with van der Waals surface area (Å²) in [6.07, 6.45) is 0. The van der Waals surface area contributed by atoms with E-state index in [2.05, 4.69) is 24.2 Å². The Balaban J connectivity index is 0.000000354. The van der Waals surface area contributed by atoms with Crippen LogP contribution in [0.5, 0.6) is 0 Å². The van der Waals surface area contributed by atoms with E-state index < -0.39 is 0 Å². The topological polar surface area (TPSA) is 43.1 Å². The fourth-order valence-electron chi connectivity index (χ4n) is 0.674. The van der Waals surface area contributed by atoms with E-state index in [9.17, 15) is 0 Å². The minimum atomic E-state index is 0.222. The van der Waals surface area contributed by atoms with Crippen molar-refractivity contribution in [1.29, 1.82) is 0 Å². The van der Waals surface area contributed by atoms with Crippen molar-refractivity contribution in [2.45, 2.75) is 11.8 Å². The van der Waals surface area contributed by atoms with Gasteiger partial charge in [-0.05, 0) is 36.2 Å². The number of carbonyl (C=O) groups excluding carboxylic acids is 1. The van der Waals surface area contributed by atoms with Crippen molar-refractivity contribution >= 4 is 35.7 Å². The van der Waals surface area contributed by atoms with E-state index in [4.69, 9.17) is 10.5 Å². The molecule has 0 unspecified atom stereocenters. The maximum atomic E-state index is 8.57. The highest BCUT2D eigenvalue weighted by atomic mass is 35.5. The summed E-state index contributed by atoms with van der Waals surface area (Å²) in [4.78, 5) is 9.42. The maximum absolute atomic E-state index is 8.57. The van der Waals surface area contributed by atoms with E-state index in [1.54, 1.807) is 0 Å². The lowest BCUT2D eigenvalue weighted by Crippen LogP contribution is -1.86. The van der Waals surface area contributed by atoms with Crippen LogP contribution in [0.25, 0.3) is 0 Å². The van der Waals surface area contributed by atoms with Gasteiger partial charge in [-0.15, -0.1) is 12.6 Å². The van der Waals surface area contributed by atoms with Gasteiger partial charge in [-0.2, -0.15) is 0 Å². The van der Waals surface area contributed by atoms with E-state index in [-0.39, 0.29) is 5.75 Å². The molecular formula is C8H10ClNOS. The minimum Gasteiger partial charge on any atom is -0.398 e. The number of hydrogen-bond donors (Lipinski definition) is 2. The third-order valence-corrected chi connectivity index (χ3v) is 1.59. The molecule has 0 fully saturated rings. The second-order valence-corrected chi connectivity index (χ2v) is 2.81. The molecule has 0 aliphatic rings. The number of thiol groups is 1. The molecule has 0 amide bonds. The van der Waals surface area contributed by atoms with Gasteiger partial charge in [-0.3, -0.25) is 4.79 Å². The van der Waals surface area contributed by atoms with Crippen LogP contribution in [0.4, 0.5) is 5.69 Å². The Labute approximate surface area is 82.1 Å². The molecule has 0 atom stereocenters. The minimum absolute atomic E-state index is 0.222. The molecule has 4 heteroatoms. The van der Waals surface area contributed by atoms with Gasteiger partial charge in [0.05, 0.1) is 0 Å². The number of nitrogen functional groups attached to an aromatic ring is 1. The van der Waals surface area contributed by atoms with Crippen molar-refractivity contribution in [3.8, 4) is 0 Å². The van der Waals surface area contributed by atoms with Gasteiger partial charge in [0.15, 0.2) is 0 Å². The summed E-state index contributed by atoms with van der Waals surface area (Å²) in [5.74, 6) is 0.222. The number of hydrogen-bond acceptors (Lipinski definition) is 3. The fourth-order valence-corrected chi connectivity index (χ4v) is 0.813. The second kappa shape index (κ2) is 5.91. The first-order chi connectivity index (χ1) is 5.61. The standard InChI is InChI=1S/C7H9NS.CHClO/c1-5-2-3-7(9)6(8)4-5;2-1-3/h2-4,9H,8H2,1H3;1H. The highest BCUT2D eigenvalue weighted by Gasteiger charge is 1.90. The van der Waals surface area contributed by atoms with Gasteiger partial charge in [-0.1, -0.05) is 6.07 Å². The normalized spacial score (nSPS) is 8.25. The van der Waals surface area contributed by atoms with E-state index in [1.807, 2.05) is 25.1 Å². The zero-order valence-electron chi connectivity index (χ0n) is 6.62. The van der Waals surface area contributed by atoms with Crippen molar-refractivity contribution in [2.75, 3.05) is 5.73 Å². The smallest absolute Gasteiger partial charge is 0.208 e. The number of nitrogens with two attached hydrogens (primary N) is 1. The van der Waals surface area contributed by atoms with Crippen molar-refractivity contribution in [3.05, 3.63) is 23.8 Å². The predicted octanol–water partition coefficient (Wildman–Crippen LogP) is 2.28. The summed E-state index contributed by atoms with van der Waals surface area (Å²) >= 11 is 8.44. The average Bonchev–Trinajstić information content (AvgIpc) is 1.99. The number of benzene rings is 1. The molecule has 0 aliphatic heterocycles. The van der Waals surface area contributed by atoms with E-state index in [0.717, 1.165) is 10.6 Å². The quantitative estimate of drug-likeness (QED) is 0.294. The van der Waals surface area contributed by atoms with Gasteiger partial charge in [0.1, 0.15) is 0 Å². The first kappa shape index (κ1) is 11.3. The van der Waals surface area contributed by atoms with Gasteiger partial charge in [0.25, 0.3) is 0 Å². The Morgan fingerprint density at radius 1 is 1.58 bits per heavy atom. The molecule has 12 heavy (non-hydrogen) atoms. The Hall–Kier alpha value is -0.670. The SMILES string of the molecule is Cc1ccc(S)c(N)c1.O=CCl. The molecule has 0 aliphatic carbocycles. The molecule has 0 aromatic heterocycles. The summed E-state index contributed by atoms with van der Waals surface area (Å²) in [6, 6.07) is 5.79. The number of carbonyl (C=O) groups is 1. The summed E-state index contributed by atoms with van der Waals surface area (Å²) in [6.45, 7) is 2.00. The molecule has 66 valence electrons. The monoisotopic (exact) mass is 203 g/mol. The van der Waals surface area contributed by atoms with Crippen molar-refractivity contribution in [2.24, 2.45) is 0 Å². The first-order valence-electron chi connectivity index (χ1n) is 3.20. The Morgan fingerprint density at radius 2 is 2.08 bits per heavy atom. The average molecular weight is 204 g/mol. The molecule has 2 N–H and O–H groups in total. The number of rotatable bonds is 0. The van der Waals surface area contributed by atoms with E-state index in [1.165, 1.54) is 5.56 Å². The van der Waals surface area contributed by atoms with Crippen LogP contribution in [0.1, 0.15) is 5.56 Å². The Kier molecular flexibility index (Phi) is 5.58. The van der Waals surface area contributed by atoms with Crippen LogP contribution in [0.3, 0.4) is 0 Å². The van der Waals surface area contributed by atoms with Crippen LogP contribution < -0.4 is 5.73 Å². The molecule has 0 saturated carbocycles. The summed E-state index contributed by atoms with van der Waals surface area (Å²) < 4.78 is 0. The van der Waals surface area contributed by atoms with Crippen molar-refractivity contribution in [1.82, 2.24) is 0 Å². The highest BCUT2D eigenvalue weighted by molar-refractivity contribution is 7.80. The number of aryl methyl sites for hydroxylation is 1. The third kappa shape index (κ3) is 4.26. The van der Waals surface area contributed by atoms with Crippen LogP contribution in [-0.2, 0) is 4.79 Å². The summed E-state index contributed by atoms with van der Waals surface area (Å²) in [7, 11) is 0. The molecule has 2 nitrogen and oxygen atoms in total. The number of anilines is 1. The van der Waals surface area contributed by atoms with Crippen LogP contribution in [-0.4, -0.2) is 5.75 Å². The van der Waals surface area contributed by atoms with Crippen LogP contribution in [0.2, 0.25) is 0 Å². The fraction of sp³-hybridized carbons (Fsp3) is 0.125. The Morgan fingerprint density at radius 3 is 2.42 bits per heavy atom. The lowest BCUT2D eigenvalue weighted by Gasteiger charge is -1.97. The zero-order valence-corrected chi connectivity index (χ0v) is 8.27. The predicted molar refractivity (Wildman–Crippen MR) is 55.4 cm³/mol. The molecule has 0 spiro atoms. The van der Waals surface area contributed by atoms with Crippen molar-refractivity contribution < 1.29 is 4.79 Å². The molecule has 1 rings (SSSR count). The molecule has 1 aromatic carbocycles. The van der Waals surface area contributed by atoms with Gasteiger partial charge in [-0.25, -0.2) is 0 Å². The van der Waals surface area contributed by atoms with Gasteiger partial charge < -0.3 is 5.73 Å². The van der Waals surface area contributed by atoms with E-state index >= 15 is 0 Å². The van der Waals surface area contributed by atoms with E-state index in [0.29, 0.717) is 0 Å². The van der Waals surface area contributed by atoms with Gasteiger partial charge in [0, 0.05) is 10.6 Å². The highest BCUT2D eigenvalue weighted by Crippen LogP contribution is 2.16. The molecule has 0 saturated heterocycles. The Bertz CT molecular complexity index is 265. The third-order valence-electron chi connectivity index (χ3n) is 1.18. The first-order valence-corrected chi connectivity index (χ1v) is 4.09. The van der Waals surface area contributed by atoms with Gasteiger partial charge in [0.2, 0.25) is 5.75 Å². The second-order valence-electron chi connectivity index (χ2n) is 2.15. The van der Waals surface area contributed by atoms with Crippen LogP contribution in [0, 0.1) is 6.92 Å². The largest absolute Gasteiger partial charge is 0.398 e. The maximum Gasteiger partial charge on any atom is 0.208 e. The molecule has 0 bridgehead atoms. The summed E-state index contributed by atoms with van der Waals surface area (Å²) in [5.41, 5.74) is 7.46. The van der Waals surface area contributed by atoms with Crippen LogP contribution in [0.15, 0.2) is 23.1 Å². The van der Waals surface area contributed by atoms with Crippen molar-refractivity contribution in [3.63, 3.8) is 0 Å². The summed E-state index contributed by atoms with van der Waals surface area (Å²) in [5, 5.41) is 0. The van der Waals surface area contributed by atoms with Gasteiger partial charge >= 0.3 is 0 Å². The lowest BCUT2D eigenvalue weighted by molar-refractivity contribution is 0.569. The molecule has 0 heterocycles. The zero-order chi connectivity index (χ0) is 9.56. The van der Waals surface area contributed by atoms with Crippen LogP contribution >= 0.6 is 24.2 Å².